The molecule has 1 nitrogen and oxygen atoms in total. The highest BCUT2D eigenvalue weighted by molar-refractivity contribution is 7.12. The van der Waals surface area contributed by atoms with Crippen molar-refractivity contribution in [2.75, 3.05) is 13.1 Å². The third-order valence-corrected chi connectivity index (χ3v) is 4.02. The largest absolute Gasteiger partial charge is 0.316 e. The summed E-state index contributed by atoms with van der Waals surface area (Å²) in [5.41, 5.74) is 0. The molecule has 0 bridgehead atoms. The van der Waals surface area contributed by atoms with Crippen LogP contribution in [0.15, 0.2) is 12.1 Å². The van der Waals surface area contributed by atoms with Crippen molar-refractivity contribution < 1.29 is 0 Å². The maximum absolute atomic E-state index is 3.51. The Labute approximate surface area is 90.5 Å². The molecule has 1 aliphatic carbocycles. The standard InChI is InChI=1S/C12H19NS/c1-3-6-13-8-10-7-11(10)12-5-4-9(2)14-12/h4-5,10-11,13H,3,6-8H2,1-2H3. The molecule has 0 spiro atoms. The number of aryl methyl sites for hydroxylation is 1. The number of rotatable bonds is 5. The van der Waals surface area contributed by atoms with E-state index in [1.807, 2.05) is 11.3 Å². The minimum Gasteiger partial charge on any atom is -0.316 e. The van der Waals surface area contributed by atoms with Crippen molar-refractivity contribution in [1.82, 2.24) is 5.32 Å². The van der Waals surface area contributed by atoms with Crippen molar-refractivity contribution in [1.29, 1.82) is 0 Å². The third kappa shape index (κ3) is 2.37. The molecule has 1 aromatic rings. The van der Waals surface area contributed by atoms with Gasteiger partial charge in [0, 0.05) is 9.75 Å². The molecule has 1 N–H and O–H groups in total. The first-order chi connectivity index (χ1) is 6.81. The number of hydrogen-bond acceptors (Lipinski definition) is 2. The summed E-state index contributed by atoms with van der Waals surface area (Å²) in [5, 5.41) is 3.51. The lowest BCUT2D eigenvalue weighted by Crippen LogP contribution is -2.17. The number of hydrogen-bond donors (Lipinski definition) is 1. The van der Waals surface area contributed by atoms with Gasteiger partial charge in [-0.2, -0.15) is 0 Å². The van der Waals surface area contributed by atoms with Gasteiger partial charge in [0.2, 0.25) is 0 Å². The molecule has 1 heterocycles. The van der Waals surface area contributed by atoms with E-state index in [-0.39, 0.29) is 0 Å². The van der Waals surface area contributed by atoms with E-state index < -0.39 is 0 Å². The van der Waals surface area contributed by atoms with Crippen LogP contribution in [0.5, 0.6) is 0 Å². The highest BCUT2D eigenvalue weighted by Gasteiger charge is 2.38. The number of nitrogens with one attached hydrogen (secondary N) is 1. The molecule has 2 rings (SSSR count). The molecule has 2 atom stereocenters. The van der Waals surface area contributed by atoms with Crippen molar-refractivity contribution in [2.24, 2.45) is 5.92 Å². The van der Waals surface area contributed by atoms with E-state index in [0.29, 0.717) is 0 Å². The van der Waals surface area contributed by atoms with Crippen LogP contribution in [0, 0.1) is 12.8 Å². The molecule has 0 aliphatic heterocycles. The topological polar surface area (TPSA) is 12.0 Å². The van der Waals surface area contributed by atoms with Crippen LogP contribution >= 0.6 is 11.3 Å². The van der Waals surface area contributed by atoms with E-state index >= 15 is 0 Å². The Morgan fingerprint density at radius 2 is 2.36 bits per heavy atom. The van der Waals surface area contributed by atoms with E-state index in [1.54, 1.807) is 4.88 Å². The minimum absolute atomic E-state index is 0.873. The van der Waals surface area contributed by atoms with Gasteiger partial charge < -0.3 is 5.32 Å². The second-order valence-electron chi connectivity index (χ2n) is 4.25. The average molecular weight is 209 g/mol. The molecule has 14 heavy (non-hydrogen) atoms. The van der Waals surface area contributed by atoms with Gasteiger partial charge in [-0.1, -0.05) is 6.92 Å². The molecular formula is C12H19NS. The summed E-state index contributed by atoms with van der Waals surface area (Å²) in [6, 6.07) is 4.55. The van der Waals surface area contributed by atoms with Gasteiger partial charge in [-0.05, 0) is 56.8 Å². The van der Waals surface area contributed by atoms with Crippen molar-refractivity contribution in [2.45, 2.75) is 32.6 Å². The number of thiophene rings is 1. The van der Waals surface area contributed by atoms with Crippen LogP contribution in [0.4, 0.5) is 0 Å². The van der Waals surface area contributed by atoms with Crippen LogP contribution in [0.2, 0.25) is 0 Å². The highest BCUT2D eigenvalue weighted by Crippen LogP contribution is 2.49. The van der Waals surface area contributed by atoms with Gasteiger partial charge >= 0.3 is 0 Å². The Morgan fingerprint density at radius 3 is 3.00 bits per heavy atom. The van der Waals surface area contributed by atoms with E-state index in [2.05, 4.69) is 31.3 Å². The van der Waals surface area contributed by atoms with E-state index in [4.69, 9.17) is 0 Å². The molecule has 1 aromatic heterocycles. The van der Waals surface area contributed by atoms with Gasteiger partial charge in [0.05, 0.1) is 0 Å². The van der Waals surface area contributed by atoms with Crippen LogP contribution in [0.25, 0.3) is 0 Å². The Morgan fingerprint density at radius 1 is 1.50 bits per heavy atom. The van der Waals surface area contributed by atoms with E-state index in [9.17, 15) is 0 Å². The molecule has 0 aromatic carbocycles. The van der Waals surface area contributed by atoms with E-state index in [1.165, 1.54) is 30.8 Å². The molecule has 1 saturated carbocycles. The lowest BCUT2D eigenvalue weighted by molar-refractivity contribution is 0.621. The van der Waals surface area contributed by atoms with Crippen LogP contribution in [0.1, 0.15) is 35.4 Å². The lowest BCUT2D eigenvalue weighted by atomic mass is 10.2. The first-order valence-electron chi connectivity index (χ1n) is 5.58. The Hall–Kier alpha value is -0.340. The second-order valence-corrected chi connectivity index (χ2v) is 5.57. The summed E-state index contributed by atoms with van der Waals surface area (Å²) in [4.78, 5) is 3.05. The zero-order chi connectivity index (χ0) is 9.97. The lowest BCUT2D eigenvalue weighted by Gasteiger charge is -2.00. The molecule has 2 heteroatoms. The smallest absolute Gasteiger partial charge is 0.00823 e. The van der Waals surface area contributed by atoms with Gasteiger partial charge in [-0.3, -0.25) is 0 Å². The van der Waals surface area contributed by atoms with Crippen LogP contribution in [0.3, 0.4) is 0 Å². The van der Waals surface area contributed by atoms with Crippen LogP contribution in [-0.2, 0) is 0 Å². The normalized spacial score (nSPS) is 25.3. The monoisotopic (exact) mass is 209 g/mol. The fourth-order valence-corrected chi connectivity index (χ4v) is 3.02. The second kappa shape index (κ2) is 4.45. The summed E-state index contributed by atoms with van der Waals surface area (Å²) in [7, 11) is 0. The van der Waals surface area contributed by atoms with Crippen molar-refractivity contribution in [3.8, 4) is 0 Å². The fraction of sp³-hybridized carbons (Fsp3) is 0.667. The molecule has 78 valence electrons. The molecule has 1 aliphatic rings. The molecule has 0 radical (unpaired) electrons. The SMILES string of the molecule is CCCNCC1CC1c1ccc(C)s1. The molecular weight excluding hydrogens is 190 g/mol. The zero-order valence-corrected chi connectivity index (χ0v) is 9.86. The quantitative estimate of drug-likeness (QED) is 0.735. The molecule has 0 saturated heterocycles. The van der Waals surface area contributed by atoms with Gasteiger partial charge in [-0.25, -0.2) is 0 Å². The Bertz CT molecular complexity index is 292. The average Bonchev–Trinajstić information content (AvgIpc) is 2.81. The summed E-state index contributed by atoms with van der Waals surface area (Å²) in [5.74, 6) is 1.79. The van der Waals surface area contributed by atoms with Crippen LogP contribution in [-0.4, -0.2) is 13.1 Å². The van der Waals surface area contributed by atoms with Crippen LogP contribution < -0.4 is 5.32 Å². The summed E-state index contributed by atoms with van der Waals surface area (Å²) in [6.45, 7) is 6.81. The predicted octanol–water partition coefficient (Wildman–Crippen LogP) is 3.16. The maximum Gasteiger partial charge on any atom is 0.00823 e. The third-order valence-electron chi connectivity index (χ3n) is 2.88. The first kappa shape index (κ1) is 10.2. The van der Waals surface area contributed by atoms with E-state index in [0.717, 1.165) is 11.8 Å². The minimum atomic E-state index is 0.873. The van der Waals surface area contributed by atoms with Crippen molar-refractivity contribution in [3.63, 3.8) is 0 Å². The van der Waals surface area contributed by atoms with Gasteiger partial charge in [0.1, 0.15) is 0 Å². The van der Waals surface area contributed by atoms with Gasteiger partial charge in [0.15, 0.2) is 0 Å². The van der Waals surface area contributed by atoms with Gasteiger partial charge in [-0.15, -0.1) is 11.3 Å². The first-order valence-corrected chi connectivity index (χ1v) is 6.40. The highest BCUT2D eigenvalue weighted by atomic mass is 32.1. The molecule has 1 fully saturated rings. The Kier molecular flexibility index (Phi) is 3.24. The summed E-state index contributed by atoms with van der Waals surface area (Å²) in [6.07, 6.45) is 2.65. The predicted molar refractivity (Wildman–Crippen MR) is 63.1 cm³/mol. The fourth-order valence-electron chi connectivity index (χ4n) is 1.94. The zero-order valence-electron chi connectivity index (χ0n) is 9.05. The van der Waals surface area contributed by atoms with Crippen molar-refractivity contribution in [3.05, 3.63) is 21.9 Å². The Balaban J connectivity index is 1.76. The molecule has 2 unspecified atom stereocenters. The summed E-state index contributed by atoms with van der Waals surface area (Å²) >= 11 is 1.97. The summed E-state index contributed by atoms with van der Waals surface area (Å²) < 4.78 is 0. The molecule has 0 amide bonds. The van der Waals surface area contributed by atoms with Gasteiger partial charge in [0.25, 0.3) is 0 Å². The maximum atomic E-state index is 3.51. The van der Waals surface area contributed by atoms with Crippen molar-refractivity contribution >= 4 is 11.3 Å².